The lowest BCUT2D eigenvalue weighted by atomic mass is 9.57. The predicted octanol–water partition coefficient (Wildman–Crippen LogP) is 5.58. The first kappa shape index (κ1) is 43.6. The molecule has 6 heterocycles. The van der Waals surface area contributed by atoms with Crippen LogP contribution in [0.1, 0.15) is 111 Å². The van der Waals surface area contributed by atoms with Crippen molar-refractivity contribution in [2.75, 3.05) is 13.2 Å². The van der Waals surface area contributed by atoms with E-state index in [-0.39, 0.29) is 62.8 Å². The second-order valence-corrected chi connectivity index (χ2v) is 19.6. The molecule has 1 aromatic heterocycles. The number of likely N-dealkylation sites (tertiary alicyclic amines) is 1. The van der Waals surface area contributed by atoms with E-state index in [0.29, 0.717) is 24.7 Å². The van der Waals surface area contributed by atoms with Crippen LogP contribution in [-0.2, 0) is 49.7 Å². The number of aryl methyl sites for hydroxylation is 1. The second-order valence-electron chi connectivity index (χ2n) is 18.8. The summed E-state index contributed by atoms with van der Waals surface area (Å²) in [6.45, 7) is 14.2. The lowest BCUT2D eigenvalue weighted by molar-refractivity contribution is -0.571. The highest BCUT2D eigenvalue weighted by molar-refractivity contribution is 7.13. The number of fused-ring (bicyclic) bond motifs is 2. The molecule has 3 N–H and O–H groups in total. The largest absolute Gasteiger partial charge is 0.466 e. The summed E-state index contributed by atoms with van der Waals surface area (Å²) in [5, 5.41) is 16.3. The lowest BCUT2D eigenvalue weighted by Gasteiger charge is -2.60. The number of aliphatic hydroxyl groups excluding tert-OH is 1. The van der Waals surface area contributed by atoms with Crippen molar-refractivity contribution in [3.63, 3.8) is 0 Å². The number of nitrogens with one attached hydrogen (secondary N) is 2. The zero-order valence-electron chi connectivity index (χ0n) is 35.5. The lowest BCUT2D eigenvalue weighted by Crippen LogP contribution is -2.70. The first-order valence-corrected chi connectivity index (χ1v) is 22.3. The van der Waals surface area contributed by atoms with Crippen LogP contribution in [0.4, 0.5) is 0 Å². The smallest absolute Gasteiger partial charge is 0.306 e. The van der Waals surface area contributed by atoms with Crippen LogP contribution in [0.15, 0.2) is 29.8 Å². The number of aromatic nitrogens is 1. The van der Waals surface area contributed by atoms with Gasteiger partial charge in [-0.1, -0.05) is 58.9 Å². The number of amides is 3. The van der Waals surface area contributed by atoms with Crippen molar-refractivity contribution in [3.8, 4) is 10.4 Å². The normalized spacial score (nSPS) is 33.1. The molecule has 5 aliphatic heterocycles. The summed E-state index contributed by atoms with van der Waals surface area (Å²) in [5.41, 5.74) is 3.36. The molecular weight excluding hydrogens is 777 g/mol. The van der Waals surface area contributed by atoms with Gasteiger partial charge < -0.3 is 34.9 Å². The minimum Gasteiger partial charge on any atom is -0.466 e. The summed E-state index contributed by atoms with van der Waals surface area (Å²) >= 11 is 1.57. The molecule has 1 spiro atoms. The number of carbonyl (C=O) groups is 4. The van der Waals surface area contributed by atoms with Gasteiger partial charge in [-0.05, 0) is 80.2 Å². The predicted molar refractivity (Wildman–Crippen MR) is 218 cm³/mol. The molecule has 1 aliphatic carbocycles. The van der Waals surface area contributed by atoms with Crippen LogP contribution in [0.2, 0.25) is 0 Å². The Kier molecular flexibility index (Phi) is 12.9. The highest BCUT2D eigenvalue weighted by Crippen LogP contribution is 2.60. The highest BCUT2D eigenvalue weighted by Gasteiger charge is 2.69. The second kappa shape index (κ2) is 17.5. The van der Waals surface area contributed by atoms with Gasteiger partial charge in [0.05, 0.1) is 41.3 Å². The van der Waals surface area contributed by atoms with Crippen LogP contribution >= 0.6 is 11.3 Å². The SMILES string of the molecule is Cc1ncsc1-c1ccc(CNC(=O)[C@@H]2CC(O)CN2C(=O)[C@@H](NC(=O)CCC(=O)OCCC[C@H]2O[C@@H]3O[C@@]4(C)CC[C@H]5[C@H](C)CC[C@@H]([C@H]2C)[C@@]35OO4)C(C)(C)C)cc1. The maximum Gasteiger partial charge on any atom is 0.306 e. The Labute approximate surface area is 351 Å². The minimum absolute atomic E-state index is 0.0320. The molecule has 6 aliphatic rings. The Balaban J connectivity index is 0.865. The fraction of sp³-hybridized carbons (Fsp3) is 0.705. The van der Waals surface area contributed by atoms with E-state index in [0.717, 1.165) is 47.4 Å². The summed E-state index contributed by atoms with van der Waals surface area (Å²) in [7, 11) is 0. The van der Waals surface area contributed by atoms with Crippen molar-refractivity contribution in [1.82, 2.24) is 20.5 Å². The van der Waals surface area contributed by atoms with Gasteiger partial charge in [0.15, 0.2) is 11.9 Å². The van der Waals surface area contributed by atoms with Crippen molar-refractivity contribution >= 4 is 35.0 Å². The van der Waals surface area contributed by atoms with Crippen molar-refractivity contribution in [1.29, 1.82) is 0 Å². The van der Waals surface area contributed by atoms with Crippen LogP contribution in [0.25, 0.3) is 10.4 Å². The Bertz CT molecular complexity index is 1850. The van der Waals surface area contributed by atoms with Gasteiger partial charge in [-0.2, -0.15) is 0 Å². The number of ether oxygens (including phenoxy) is 3. The average Bonchev–Trinajstić information content (AvgIpc) is 3.73. The third-order valence-electron chi connectivity index (χ3n) is 13.5. The van der Waals surface area contributed by atoms with Crippen molar-refractivity contribution in [2.24, 2.45) is 29.1 Å². The molecule has 1 unspecified atom stereocenters. The number of rotatable bonds is 13. The van der Waals surface area contributed by atoms with Crippen LogP contribution < -0.4 is 10.6 Å². The molecule has 2 bridgehead atoms. The summed E-state index contributed by atoms with van der Waals surface area (Å²) in [6, 6.07) is 5.95. The monoisotopic (exact) mass is 838 g/mol. The van der Waals surface area contributed by atoms with E-state index in [1.165, 1.54) is 4.90 Å². The summed E-state index contributed by atoms with van der Waals surface area (Å²) in [5.74, 6) is -1.46. The van der Waals surface area contributed by atoms with E-state index < -0.39 is 59.1 Å². The van der Waals surface area contributed by atoms with Gasteiger partial charge in [0.25, 0.3) is 0 Å². The third-order valence-corrected chi connectivity index (χ3v) is 14.4. The topological polar surface area (TPSA) is 175 Å². The minimum atomic E-state index is -0.999. The van der Waals surface area contributed by atoms with E-state index in [2.05, 4.69) is 29.5 Å². The van der Waals surface area contributed by atoms with Gasteiger partial charge in [-0.25, -0.2) is 14.8 Å². The number of β-amino-alcohol motifs (C(OH)–C–C–N with tert-alkyl or cyclic N) is 1. The van der Waals surface area contributed by atoms with Crippen LogP contribution in [-0.4, -0.2) is 93.8 Å². The van der Waals surface area contributed by atoms with E-state index in [9.17, 15) is 24.3 Å². The van der Waals surface area contributed by atoms with Gasteiger partial charge in [-0.15, -0.1) is 11.3 Å². The molecule has 0 radical (unpaired) electrons. The third kappa shape index (κ3) is 9.11. The fourth-order valence-corrected chi connectivity index (χ4v) is 10.9. The number of thiazole rings is 1. The molecule has 14 nitrogen and oxygen atoms in total. The summed E-state index contributed by atoms with van der Waals surface area (Å²) in [6.07, 6.45) is 3.41. The number of benzene rings is 1. The van der Waals surface area contributed by atoms with Crippen molar-refractivity contribution < 1.29 is 48.3 Å². The molecule has 15 heteroatoms. The summed E-state index contributed by atoms with van der Waals surface area (Å²) < 4.78 is 18.6. The highest BCUT2D eigenvalue weighted by atomic mass is 32.1. The number of hydrogen-bond acceptors (Lipinski definition) is 12. The Hall–Kier alpha value is -3.47. The Morgan fingerprint density at radius 1 is 1.07 bits per heavy atom. The zero-order valence-corrected chi connectivity index (χ0v) is 36.3. The van der Waals surface area contributed by atoms with Gasteiger partial charge in [0.1, 0.15) is 12.1 Å². The van der Waals surface area contributed by atoms with Gasteiger partial charge >= 0.3 is 5.97 Å². The van der Waals surface area contributed by atoms with Gasteiger partial charge in [-0.3, -0.25) is 19.2 Å². The van der Waals surface area contributed by atoms with Crippen LogP contribution in [0.5, 0.6) is 0 Å². The Morgan fingerprint density at radius 3 is 2.54 bits per heavy atom. The van der Waals surface area contributed by atoms with Gasteiger partial charge in [0, 0.05) is 38.3 Å². The summed E-state index contributed by atoms with van der Waals surface area (Å²) in [4.78, 5) is 72.4. The van der Waals surface area contributed by atoms with Crippen molar-refractivity contribution in [2.45, 2.75) is 155 Å². The number of carbonyl (C=O) groups excluding carboxylic acids is 4. The average molecular weight is 839 g/mol. The number of aliphatic hydroxyl groups is 1. The maximum atomic E-state index is 14.0. The van der Waals surface area contributed by atoms with Crippen LogP contribution in [0.3, 0.4) is 0 Å². The number of esters is 1. The van der Waals surface area contributed by atoms with Gasteiger partial charge in [0.2, 0.25) is 23.5 Å². The molecular formula is C44H62N4O10S. The zero-order chi connectivity index (χ0) is 42.3. The fourth-order valence-electron chi connectivity index (χ4n) is 10.1. The number of hydrogen-bond donors (Lipinski definition) is 3. The maximum absolute atomic E-state index is 14.0. The molecule has 1 saturated carbocycles. The molecule has 324 valence electrons. The van der Waals surface area contributed by atoms with Crippen molar-refractivity contribution in [3.05, 3.63) is 41.0 Å². The van der Waals surface area contributed by atoms with E-state index in [1.807, 2.05) is 64.4 Å². The first-order valence-electron chi connectivity index (χ1n) is 21.4. The molecule has 6 fully saturated rings. The quantitative estimate of drug-likeness (QED) is 0.131. The molecule has 2 aromatic rings. The standard InChI is InChI=1S/C44H62N4O10S/c1-25-10-15-32-26(2)34(55-41-44(32)31(25)18-19-43(7,56-41)57-58-44)9-8-20-54-36(51)17-16-35(50)47-38(42(4,5)6)40(53)48-23-30(49)21-33(48)39(52)45-22-28-11-13-29(14-12-28)37-27(3)46-24-59-37/h11-14,24-26,30-34,38,41,49H,8-10,15-23H2,1-7H3,(H,45,52)(H,47,50)/t25-,26-,30?,31+,32+,33+,34-,38-,41-,43-,44-/m1/s1. The molecule has 59 heavy (non-hydrogen) atoms. The van der Waals surface area contributed by atoms with E-state index >= 15 is 0 Å². The number of nitrogens with zero attached hydrogens (tertiary/aromatic N) is 2. The van der Waals surface area contributed by atoms with Crippen LogP contribution in [0, 0.1) is 36.0 Å². The molecule has 8 rings (SSSR count). The Morgan fingerprint density at radius 2 is 1.83 bits per heavy atom. The van der Waals surface area contributed by atoms with E-state index in [4.69, 9.17) is 24.0 Å². The molecule has 5 saturated heterocycles. The van der Waals surface area contributed by atoms with E-state index in [1.54, 1.807) is 11.3 Å². The molecule has 3 amide bonds. The molecule has 1 aromatic carbocycles. The molecule has 11 atom stereocenters. The first-order chi connectivity index (χ1) is 28.0.